The van der Waals surface area contributed by atoms with E-state index in [4.69, 9.17) is 0 Å². The van der Waals surface area contributed by atoms with Gasteiger partial charge in [-0.15, -0.1) is 0 Å². The number of anilines is 1. The van der Waals surface area contributed by atoms with Crippen LogP contribution in [-0.4, -0.2) is 25.2 Å². The highest BCUT2D eigenvalue weighted by molar-refractivity contribution is 5.95. The minimum atomic E-state index is -0.306. The first kappa shape index (κ1) is 16.7. The molecule has 2 rings (SSSR count). The molecule has 0 fully saturated rings. The first-order valence-corrected chi connectivity index (χ1v) is 7.58. The lowest BCUT2D eigenvalue weighted by molar-refractivity contribution is 0.0955. The van der Waals surface area contributed by atoms with Crippen LogP contribution in [0.2, 0.25) is 0 Å². The van der Waals surface area contributed by atoms with Crippen LogP contribution >= 0.6 is 0 Å². The van der Waals surface area contributed by atoms with Gasteiger partial charge in [-0.3, -0.25) is 4.79 Å². The van der Waals surface area contributed by atoms with Crippen molar-refractivity contribution >= 4 is 17.8 Å². The highest BCUT2D eigenvalue weighted by Crippen LogP contribution is 2.14. The summed E-state index contributed by atoms with van der Waals surface area (Å²) >= 11 is 0. The van der Waals surface area contributed by atoms with Gasteiger partial charge in [-0.2, -0.15) is 5.10 Å². The number of hydrogen-bond acceptors (Lipinski definition) is 3. The van der Waals surface area contributed by atoms with E-state index in [1.54, 1.807) is 24.3 Å². The molecular formula is C18H20FN3O. The lowest BCUT2D eigenvalue weighted by atomic mass is 10.2. The van der Waals surface area contributed by atoms with Gasteiger partial charge in [0.15, 0.2) is 0 Å². The molecule has 0 heterocycles. The molecule has 0 bridgehead atoms. The molecular weight excluding hydrogens is 293 g/mol. The lowest BCUT2D eigenvalue weighted by Crippen LogP contribution is -2.22. The van der Waals surface area contributed by atoms with Crippen molar-refractivity contribution < 1.29 is 9.18 Å². The second-order valence-electron chi connectivity index (χ2n) is 4.97. The summed E-state index contributed by atoms with van der Waals surface area (Å²) in [4.78, 5) is 14.2. The van der Waals surface area contributed by atoms with E-state index in [2.05, 4.69) is 29.3 Å². The van der Waals surface area contributed by atoms with Crippen molar-refractivity contribution in [1.82, 2.24) is 5.43 Å². The van der Waals surface area contributed by atoms with Crippen LogP contribution in [0.25, 0.3) is 0 Å². The van der Waals surface area contributed by atoms with Crippen molar-refractivity contribution in [2.45, 2.75) is 13.8 Å². The molecule has 0 aliphatic heterocycles. The predicted molar refractivity (Wildman–Crippen MR) is 91.5 cm³/mol. The molecule has 120 valence electrons. The average Bonchev–Trinajstić information content (AvgIpc) is 2.58. The Kier molecular flexibility index (Phi) is 5.86. The third kappa shape index (κ3) is 4.64. The average molecular weight is 313 g/mol. The monoisotopic (exact) mass is 313 g/mol. The van der Waals surface area contributed by atoms with E-state index in [1.165, 1.54) is 18.3 Å². The van der Waals surface area contributed by atoms with E-state index < -0.39 is 0 Å². The fourth-order valence-electron chi connectivity index (χ4n) is 2.19. The van der Waals surface area contributed by atoms with Crippen molar-refractivity contribution in [1.29, 1.82) is 0 Å². The molecule has 1 amide bonds. The molecule has 5 heteroatoms. The topological polar surface area (TPSA) is 44.7 Å². The molecule has 0 spiro atoms. The van der Waals surface area contributed by atoms with Gasteiger partial charge >= 0.3 is 0 Å². The Morgan fingerprint density at radius 3 is 2.26 bits per heavy atom. The van der Waals surface area contributed by atoms with Crippen molar-refractivity contribution in [2.24, 2.45) is 5.10 Å². The molecule has 4 nitrogen and oxygen atoms in total. The van der Waals surface area contributed by atoms with Crippen LogP contribution in [0.5, 0.6) is 0 Å². The van der Waals surface area contributed by atoms with E-state index in [-0.39, 0.29) is 11.7 Å². The number of halogens is 1. The number of carbonyl (C=O) groups is 1. The van der Waals surface area contributed by atoms with Crippen LogP contribution in [0.1, 0.15) is 29.8 Å². The molecule has 2 aromatic carbocycles. The van der Waals surface area contributed by atoms with E-state index in [0.717, 1.165) is 18.8 Å². The Morgan fingerprint density at radius 2 is 1.70 bits per heavy atom. The fraction of sp³-hybridized carbons (Fsp3) is 0.222. The number of nitrogens with one attached hydrogen (secondary N) is 1. The molecule has 0 atom stereocenters. The fourth-order valence-corrected chi connectivity index (χ4v) is 2.19. The smallest absolute Gasteiger partial charge is 0.271 e. The second kappa shape index (κ2) is 8.08. The van der Waals surface area contributed by atoms with Crippen LogP contribution in [-0.2, 0) is 0 Å². The molecule has 0 aromatic heterocycles. The summed E-state index contributed by atoms with van der Waals surface area (Å²) in [6, 6.07) is 13.3. The third-order valence-electron chi connectivity index (χ3n) is 3.51. The zero-order chi connectivity index (χ0) is 16.7. The summed E-state index contributed by atoms with van der Waals surface area (Å²) in [6.07, 6.45) is 1.47. The van der Waals surface area contributed by atoms with Gasteiger partial charge in [0.25, 0.3) is 5.91 Å². The standard InChI is InChI=1S/C18H20FN3O/c1-3-22(4-2)17-11-7-15(8-12-17)18(23)21-20-13-14-5-9-16(19)10-6-14/h5-13H,3-4H2,1-2H3,(H,21,23)/b20-13-. The molecule has 0 saturated carbocycles. The molecule has 2 aromatic rings. The Morgan fingerprint density at radius 1 is 1.09 bits per heavy atom. The second-order valence-corrected chi connectivity index (χ2v) is 4.97. The predicted octanol–water partition coefficient (Wildman–Crippen LogP) is 3.44. The maximum atomic E-state index is 12.8. The van der Waals surface area contributed by atoms with Gasteiger partial charge in [-0.25, -0.2) is 9.82 Å². The van der Waals surface area contributed by atoms with Crippen LogP contribution in [0.4, 0.5) is 10.1 Å². The number of amides is 1. The number of nitrogens with zero attached hydrogens (tertiary/aromatic N) is 2. The first-order chi connectivity index (χ1) is 11.1. The summed E-state index contributed by atoms with van der Waals surface area (Å²) in [5.74, 6) is -0.589. The van der Waals surface area contributed by atoms with E-state index >= 15 is 0 Å². The van der Waals surface area contributed by atoms with Crippen LogP contribution in [0.3, 0.4) is 0 Å². The first-order valence-electron chi connectivity index (χ1n) is 7.58. The minimum absolute atomic E-state index is 0.283. The van der Waals surface area contributed by atoms with Gasteiger partial charge in [0.05, 0.1) is 6.21 Å². The van der Waals surface area contributed by atoms with Crippen LogP contribution in [0, 0.1) is 5.82 Å². The Labute approximate surface area is 135 Å². The van der Waals surface area contributed by atoms with E-state index in [1.807, 2.05) is 12.1 Å². The van der Waals surface area contributed by atoms with Gasteiger partial charge in [0, 0.05) is 24.3 Å². The summed E-state index contributed by atoms with van der Waals surface area (Å²) in [7, 11) is 0. The van der Waals surface area contributed by atoms with Crippen molar-refractivity contribution in [2.75, 3.05) is 18.0 Å². The summed E-state index contributed by atoms with van der Waals surface area (Å²) in [6.45, 7) is 6.02. The largest absolute Gasteiger partial charge is 0.372 e. The number of benzene rings is 2. The van der Waals surface area contributed by atoms with Gasteiger partial charge in [-0.05, 0) is 55.8 Å². The highest BCUT2D eigenvalue weighted by Gasteiger charge is 2.06. The van der Waals surface area contributed by atoms with Gasteiger partial charge < -0.3 is 4.90 Å². The third-order valence-corrected chi connectivity index (χ3v) is 3.51. The summed E-state index contributed by atoms with van der Waals surface area (Å²) in [5.41, 5.74) is 4.80. The van der Waals surface area contributed by atoms with Crippen molar-refractivity contribution in [3.63, 3.8) is 0 Å². The number of hydrazone groups is 1. The molecule has 0 saturated heterocycles. The summed E-state index contributed by atoms with van der Waals surface area (Å²) in [5, 5.41) is 3.88. The van der Waals surface area contributed by atoms with Crippen LogP contribution < -0.4 is 10.3 Å². The molecule has 1 N–H and O–H groups in total. The molecule has 0 aliphatic rings. The summed E-state index contributed by atoms with van der Waals surface area (Å²) < 4.78 is 12.8. The molecule has 0 unspecified atom stereocenters. The highest BCUT2D eigenvalue weighted by atomic mass is 19.1. The van der Waals surface area contributed by atoms with Gasteiger partial charge in [0.1, 0.15) is 5.82 Å². The van der Waals surface area contributed by atoms with Crippen LogP contribution in [0.15, 0.2) is 53.6 Å². The van der Waals surface area contributed by atoms with Gasteiger partial charge in [0.2, 0.25) is 0 Å². The maximum Gasteiger partial charge on any atom is 0.271 e. The Balaban J connectivity index is 1.96. The number of carbonyl (C=O) groups excluding carboxylic acids is 1. The Bertz CT molecular complexity index is 662. The lowest BCUT2D eigenvalue weighted by Gasteiger charge is -2.20. The number of rotatable bonds is 6. The SMILES string of the molecule is CCN(CC)c1ccc(C(=O)N/N=C\c2ccc(F)cc2)cc1. The van der Waals surface area contributed by atoms with E-state index in [0.29, 0.717) is 11.1 Å². The maximum absolute atomic E-state index is 12.8. The number of hydrogen-bond donors (Lipinski definition) is 1. The van der Waals surface area contributed by atoms with Gasteiger partial charge in [-0.1, -0.05) is 12.1 Å². The zero-order valence-electron chi connectivity index (χ0n) is 13.3. The van der Waals surface area contributed by atoms with Crippen molar-refractivity contribution in [3.05, 3.63) is 65.5 Å². The Hall–Kier alpha value is -2.69. The quantitative estimate of drug-likeness (QED) is 0.656. The normalized spacial score (nSPS) is 10.7. The molecule has 23 heavy (non-hydrogen) atoms. The molecule has 0 aliphatic carbocycles. The minimum Gasteiger partial charge on any atom is -0.372 e. The van der Waals surface area contributed by atoms with Crippen molar-refractivity contribution in [3.8, 4) is 0 Å². The molecule has 0 radical (unpaired) electrons. The van der Waals surface area contributed by atoms with E-state index in [9.17, 15) is 9.18 Å². The zero-order valence-corrected chi connectivity index (χ0v) is 13.3.